The van der Waals surface area contributed by atoms with Gasteiger partial charge < -0.3 is 8.92 Å². The van der Waals surface area contributed by atoms with Crippen molar-refractivity contribution in [2.45, 2.75) is 11.3 Å². The molecule has 0 aliphatic heterocycles. The van der Waals surface area contributed by atoms with E-state index in [9.17, 15) is 8.42 Å². The third-order valence-electron chi connectivity index (χ3n) is 2.89. The molecule has 0 bridgehead atoms. The zero-order chi connectivity index (χ0) is 16.2. The maximum atomic E-state index is 12.3. The van der Waals surface area contributed by atoms with E-state index in [0.29, 0.717) is 6.61 Å². The van der Waals surface area contributed by atoms with Crippen LogP contribution in [-0.4, -0.2) is 22.1 Å². The lowest BCUT2D eigenvalue weighted by Crippen LogP contribution is -2.11. The highest BCUT2D eigenvalue weighted by atomic mass is 35.5. The van der Waals surface area contributed by atoms with E-state index in [1.807, 2.05) is 0 Å². The smallest absolute Gasteiger partial charge is 0.342 e. The predicted molar refractivity (Wildman–Crippen MR) is 86.3 cm³/mol. The second kappa shape index (κ2) is 7.33. The van der Waals surface area contributed by atoms with Crippen LogP contribution in [0.1, 0.15) is 5.56 Å². The molecular weight excluding hydrogens is 347 g/mol. The molecule has 0 unspecified atom stereocenters. The SMILES string of the molecule is COCCc1ccc(OS(=O)(=O)c2c(Cl)cccc2Cl)cc1. The summed E-state index contributed by atoms with van der Waals surface area (Å²) in [5.74, 6) is 0.192. The highest BCUT2D eigenvalue weighted by Crippen LogP contribution is 2.31. The first-order chi connectivity index (χ1) is 10.4. The fourth-order valence-corrected chi connectivity index (χ4v) is 3.85. The second-order valence-corrected chi connectivity index (χ2v) is 6.77. The van der Waals surface area contributed by atoms with Gasteiger partial charge in [0.15, 0.2) is 0 Å². The molecule has 7 heteroatoms. The summed E-state index contributed by atoms with van der Waals surface area (Å²) >= 11 is 11.8. The van der Waals surface area contributed by atoms with Gasteiger partial charge in [0.2, 0.25) is 0 Å². The summed E-state index contributed by atoms with van der Waals surface area (Å²) < 4.78 is 34.6. The predicted octanol–water partition coefficient (Wildman–Crippen LogP) is 3.95. The maximum Gasteiger partial charge on any atom is 0.342 e. The molecule has 4 nitrogen and oxygen atoms in total. The molecule has 118 valence electrons. The van der Waals surface area contributed by atoms with Gasteiger partial charge in [0.25, 0.3) is 0 Å². The van der Waals surface area contributed by atoms with Crippen molar-refractivity contribution in [3.8, 4) is 5.75 Å². The molecule has 0 aromatic heterocycles. The van der Waals surface area contributed by atoms with Gasteiger partial charge >= 0.3 is 10.1 Å². The largest absolute Gasteiger partial charge is 0.384 e. The van der Waals surface area contributed by atoms with Crippen molar-refractivity contribution in [3.63, 3.8) is 0 Å². The number of rotatable bonds is 6. The molecule has 2 aromatic carbocycles. The molecule has 2 aromatic rings. The van der Waals surface area contributed by atoms with E-state index in [0.717, 1.165) is 12.0 Å². The van der Waals surface area contributed by atoms with Crippen molar-refractivity contribution >= 4 is 33.3 Å². The highest BCUT2D eigenvalue weighted by Gasteiger charge is 2.23. The van der Waals surface area contributed by atoms with Crippen molar-refractivity contribution in [1.82, 2.24) is 0 Å². The van der Waals surface area contributed by atoms with E-state index in [1.165, 1.54) is 12.1 Å². The van der Waals surface area contributed by atoms with Crippen LogP contribution >= 0.6 is 23.2 Å². The van der Waals surface area contributed by atoms with Crippen molar-refractivity contribution in [2.75, 3.05) is 13.7 Å². The van der Waals surface area contributed by atoms with Crippen LogP contribution in [0.3, 0.4) is 0 Å². The number of hydrogen-bond donors (Lipinski definition) is 0. The maximum absolute atomic E-state index is 12.3. The van der Waals surface area contributed by atoms with Crippen LogP contribution in [0.15, 0.2) is 47.4 Å². The number of halogens is 2. The molecule has 0 heterocycles. The van der Waals surface area contributed by atoms with E-state index >= 15 is 0 Å². The van der Waals surface area contributed by atoms with E-state index in [-0.39, 0.29) is 20.7 Å². The molecule has 0 aliphatic carbocycles. The molecule has 0 saturated heterocycles. The molecule has 2 rings (SSSR count). The molecule has 0 radical (unpaired) electrons. The first-order valence-electron chi connectivity index (χ1n) is 6.40. The lowest BCUT2D eigenvalue weighted by atomic mass is 10.1. The molecule has 0 amide bonds. The Balaban J connectivity index is 2.22. The molecular formula is C15H14Cl2O4S. The quantitative estimate of drug-likeness (QED) is 0.731. The van der Waals surface area contributed by atoms with Crippen molar-refractivity contribution in [1.29, 1.82) is 0 Å². The average molecular weight is 361 g/mol. The van der Waals surface area contributed by atoms with Gasteiger partial charge in [-0.3, -0.25) is 0 Å². The first-order valence-corrected chi connectivity index (χ1v) is 8.57. The summed E-state index contributed by atoms with van der Waals surface area (Å²) in [4.78, 5) is -0.234. The first kappa shape index (κ1) is 17.1. The number of ether oxygens (including phenoxy) is 1. The summed E-state index contributed by atoms with van der Waals surface area (Å²) in [6.45, 7) is 0.591. The van der Waals surface area contributed by atoms with Crippen LogP contribution in [0.25, 0.3) is 0 Å². The minimum atomic E-state index is -4.09. The molecule has 0 fully saturated rings. The summed E-state index contributed by atoms with van der Waals surface area (Å²) in [5, 5.41) is 0.0356. The van der Waals surface area contributed by atoms with Gasteiger partial charge in [-0.1, -0.05) is 41.4 Å². The van der Waals surface area contributed by atoms with E-state index in [1.54, 1.807) is 37.4 Å². The minimum absolute atomic E-state index is 0.0178. The van der Waals surface area contributed by atoms with E-state index in [2.05, 4.69) is 0 Å². The van der Waals surface area contributed by atoms with Crippen molar-refractivity contribution < 1.29 is 17.3 Å². The van der Waals surface area contributed by atoms with Gasteiger partial charge in [0, 0.05) is 7.11 Å². The van der Waals surface area contributed by atoms with E-state index < -0.39 is 10.1 Å². The zero-order valence-corrected chi connectivity index (χ0v) is 14.1. The van der Waals surface area contributed by atoms with Crippen LogP contribution in [0.5, 0.6) is 5.75 Å². The Morgan fingerprint density at radius 2 is 1.59 bits per heavy atom. The standard InChI is InChI=1S/C15H14Cl2O4S/c1-20-10-9-11-5-7-12(8-6-11)21-22(18,19)15-13(16)3-2-4-14(15)17/h2-8H,9-10H2,1H3. The van der Waals surface area contributed by atoms with Gasteiger partial charge in [-0.05, 0) is 36.2 Å². The van der Waals surface area contributed by atoms with Gasteiger partial charge in [-0.2, -0.15) is 8.42 Å². The van der Waals surface area contributed by atoms with Crippen LogP contribution < -0.4 is 4.18 Å². The average Bonchev–Trinajstić information content (AvgIpc) is 2.45. The Kier molecular flexibility index (Phi) is 5.69. The monoisotopic (exact) mass is 360 g/mol. The van der Waals surface area contributed by atoms with Crippen LogP contribution in [0.4, 0.5) is 0 Å². The normalized spacial score (nSPS) is 11.4. The van der Waals surface area contributed by atoms with Gasteiger partial charge in [0.05, 0.1) is 16.7 Å². The second-order valence-electron chi connectivity index (χ2n) is 4.47. The van der Waals surface area contributed by atoms with Crippen LogP contribution in [-0.2, 0) is 21.3 Å². The zero-order valence-electron chi connectivity index (χ0n) is 11.8. The Morgan fingerprint density at radius 1 is 1.00 bits per heavy atom. The Labute approximate surface area is 139 Å². The molecule has 0 saturated carbocycles. The lowest BCUT2D eigenvalue weighted by molar-refractivity contribution is 0.202. The number of hydrogen-bond acceptors (Lipinski definition) is 4. The lowest BCUT2D eigenvalue weighted by Gasteiger charge is -2.10. The Bertz CT molecular complexity index is 722. The highest BCUT2D eigenvalue weighted by molar-refractivity contribution is 7.87. The van der Waals surface area contributed by atoms with E-state index in [4.69, 9.17) is 32.1 Å². The molecule has 0 aliphatic rings. The molecule has 0 atom stereocenters. The number of methoxy groups -OCH3 is 1. The summed E-state index contributed by atoms with van der Waals surface area (Å²) in [7, 11) is -2.47. The van der Waals surface area contributed by atoms with Gasteiger partial charge in [-0.15, -0.1) is 0 Å². The minimum Gasteiger partial charge on any atom is -0.384 e. The summed E-state index contributed by atoms with van der Waals surface area (Å²) in [5.41, 5.74) is 1.02. The summed E-state index contributed by atoms with van der Waals surface area (Å²) in [6.07, 6.45) is 0.736. The van der Waals surface area contributed by atoms with Gasteiger partial charge in [-0.25, -0.2) is 0 Å². The van der Waals surface area contributed by atoms with Crippen LogP contribution in [0, 0.1) is 0 Å². The Hall–Kier alpha value is -1.27. The third kappa shape index (κ3) is 4.14. The third-order valence-corrected chi connectivity index (χ3v) is 5.10. The van der Waals surface area contributed by atoms with Gasteiger partial charge in [0.1, 0.15) is 10.6 Å². The van der Waals surface area contributed by atoms with Crippen molar-refractivity contribution in [2.24, 2.45) is 0 Å². The molecule has 22 heavy (non-hydrogen) atoms. The topological polar surface area (TPSA) is 52.6 Å². The molecule has 0 spiro atoms. The fraction of sp³-hybridized carbons (Fsp3) is 0.200. The number of benzene rings is 2. The molecule has 0 N–H and O–H groups in total. The van der Waals surface area contributed by atoms with Crippen molar-refractivity contribution in [3.05, 3.63) is 58.1 Å². The summed E-state index contributed by atoms with van der Waals surface area (Å²) in [6, 6.07) is 11.2. The van der Waals surface area contributed by atoms with Crippen LogP contribution in [0.2, 0.25) is 10.0 Å². The Morgan fingerprint density at radius 3 is 2.14 bits per heavy atom. The fourth-order valence-electron chi connectivity index (χ4n) is 1.82.